The molecule has 3 rings (SSSR count). The number of nitrogens with one attached hydrogen (secondary N) is 2. The second-order valence-corrected chi connectivity index (χ2v) is 7.31. The number of carbonyl (C=O) groups excluding carboxylic acids is 2. The number of halogens is 1. The van der Waals surface area contributed by atoms with Crippen molar-refractivity contribution >= 4 is 23.5 Å². The van der Waals surface area contributed by atoms with E-state index in [0.717, 1.165) is 18.5 Å². The summed E-state index contributed by atoms with van der Waals surface area (Å²) < 4.78 is 13.0. The number of likely N-dealkylation sites (N-methyl/N-ethyl adjacent to an activating group) is 1. The highest BCUT2D eigenvalue weighted by atomic mass is 19.1. The van der Waals surface area contributed by atoms with E-state index in [2.05, 4.69) is 10.6 Å². The van der Waals surface area contributed by atoms with E-state index in [-0.39, 0.29) is 24.3 Å². The lowest BCUT2D eigenvalue weighted by molar-refractivity contribution is -0.149. The Kier molecular flexibility index (Phi) is 6.79. The van der Waals surface area contributed by atoms with Crippen LogP contribution in [0.1, 0.15) is 28.8 Å². The molecular weight excluding hydrogens is 389 g/mol. The fraction of sp³-hybridized carbons (Fsp3) is 0.318. The number of hydrogen-bond donors (Lipinski definition) is 3. The molecule has 0 saturated carbocycles. The van der Waals surface area contributed by atoms with Gasteiger partial charge in [-0.25, -0.2) is 9.18 Å². The molecule has 2 aromatic rings. The lowest BCUT2D eigenvalue weighted by Gasteiger charge is -2.27. The minimum Gasteiger partial charge on any atom is -0.480 e. The van der Waals surface area contributed by atoms with Crippen molar-refractivity contribution in [3.8, 4) is 0 Å². The Hall–Kier alpha value is -3.26. The largest absolute Gasteiger partial charge is 0.480 e. The number of carboxylic acids is 1. The molecule has 0 radical (unpaired) electrons. The number of benzene rings is 2. The summed E-state index contributed by atoms with van der Waals surface area (Å²) in [5, 5.41) is 15.4. The van der Waals surface area contributed by atoms with Crippen molar-refractivity contribution in [3.05, 3.63) is 65.5 Å². The number of nitrogens with zero attached hydrogens (tertiary/aromatic N) is 1. The van der Waals surface area contributed by atoms with Crippen LogP contribution in [0.25, 0.3) is 0 Å². The van der Waals surface area contributed by atoms with Crippen LogP contribution >= 0.6 is 0 Å². The van der Waals surface area contributed by atoms with Crippen LogP contribution in [-0.2, 0) is 16.0 Å². The zero-order valence-electron chi connectivity index (χ0n) is 16.6. The van der Waals surface area contributed by atoms with E-state index in [4.69, 9.17) is 0 Å². The molecule has 1 aliphatic rings. The fourth-order valence-electron chi connectivity index (χ4n) is 3.44. The van der Waals surface area contributed by atoms with Crippen LogP contribution in [-0.4, -0.2) is 53.5 Å². The molecule has 8 heteroatoms. The molecule has 0 spiro atoms. The van der Waals surface area contributed by atoms with Crippen molar-refractivity contribution in [3.63, 3.8) is 0 Å². The Labute approximate surface area is 173 Å². The van der Waals surface area contributed by atoms with Crippen LogP contribution in [0.4, 0.5) is 10.1 Å². The van der Waals surface area contributed by atoms with Gasteiger partial charge in [0.25, 0.3) is 5.91 Å². The Morgan fingerprint density at radius 2 is 1.83 bits per heavy atom. The third-order valence-electron chi connectivity index (χ3n) is 5.21. The molecule has 1 fully saturated rings. The molecule has 2 aromatic carbocycles. The van der Waals surface area contributed by atoms with Gasteiger partial charge >= 0.3 is 5.97 Å². The van der Waals surface area contributed by atoms with E-state index in [1.807, 2.05) is 0 Å². The number of rotatable bonds is 7. The normalized spacial score (nSPS) is 16.7. The van der Waals surface area contributed by atoms with Crippen molar-refractivity contribution < 1.29 is 23.9 Å². The van der Waals surface area contributed by atoms with Crippen molar-refractivity contribution in [2.75, 3.05) is 18.9 Å². The predicted molar refractivity (Wildman–Crippen MR) is 110 cm³/mol. The van der Waals surface area contributed by atoms with Gasteiger partial charge < -0.3 is 20.6 Å². The number of carboxylic acid groups (broad SMARTS) is 1. The van der Waals surface area contributed by atoms with Gasteiger partial charge in [0.15, 0.2) is 0 Å². The maximum atomic E-state index is 13.0. The average molecular weight is 413 g/mol. The summed E-state index contributed by atoms with van der Waals surface area (Å²) in [7, 11) is 1.51. The van der Waals surface area contributed by atoms with E-state index in [1.54, 1.807) is 24.3 Å². The number of aliphatic carboxylic acids is 1. The highest BCUT2D eigenvalue weighted by Crippen LogP contribution is 2.16. The number of carbonyl (C=O) groups is 3. The molecule has 0 aliphatic carbocycles. The SMILES string of the molecule is CN(C(=O)[C@@H]1CCCN1)[C@@H](Cc1ccc(NC(=O)c2ccc(F)cc2)cc1)C(=O)O. The smallest absolute Gasteiger partial charge is 0.326 e. The molecule has 1 saturated heterocycles. The number of anilines is 1. The first-order chi connectivity index (χ1) is 14.3. The number of hydrogen-bond acceptors (Lipinski definition) is 4. The van der Waals surface area contributed by atoms with Crippen LogP contribution in [0, 0.1) is 5.82 Å². The minimum atomic E-state index is -1.07. The van der Waals surface area contributed by atoms with Crippen molar-refractivity contribution in [1.29, 1.82) is 0 Å². The second kappa shape index (κ2) is 9.49. The minimum absolute atomic E-state index is 0.149. The molecule has 2 amide bonds. The van der Waals surface area contributed by atoms with Gasteiger partial charge in [-0.2, -0.15) is 0 Å². The molecule has 158 valence electrons. The van der Waals surface area contributed by atoms with Crippen molar-refractivity contribution in [2.24, 2.45) is 0 Å². The Morgan fingerprint density at radius 1 is 1.17 bits per heavy atom. The summed E-state index contributed by atoms with van der Waals surface area (Å²) in [6, 6.07) is 10.6. The van der Waals surface area contributed by atoms with Crippen LogP contribution < -0.4 is 10.6 Å². The van der Waals surface area contributed by atoms with E-state index in [9.17, 15) is 23.9 Å². The predicted octanol–water partition coefficient (Wildman–Crippen LogP) is 2.28. The molecule has 7 nitrogen and oxygen atoms in total. The molecule has 0 unspecified atom stereocenters. The molecular formula is C22H24FN3O4. The summed E-state index contributed by atoms with van der Waals surface area (Å²) >= 11 is 0. The molecule has 1 aliphatic heterocycles. The van der Waals surface area contributed by atoms with Gasteiger partial charge in [-0.15, -0.1) is 0 Å². The van der Waals surface area contributed by atoms with Crippen LogP contribution in [0.5, 0.6) is 0 Å². The molecule has 30 heavy (non-hydrogen) atoms. The van der Waals surface area contributed by atoms with E-state index in [1.165, 1.54) is 36.2 Å². The summed E-state index contributed by atoms with van der Waals surface area (Å²) in [5.74, 6) is -2.09. The van der Waals surface area contributed by atoms with Crippen molar-refractivity contribution in [2.45, 2.75) is 31.3 Å². The second-order valence-electron chi connectivity index (χ2n) is 7.31. The Balaban J connectivity index is 1.63. The van der Waals surface area contributed by atoms with Crippen LogP contribution in [0.2, 0.25) is 0 Å². The summed E-state index contributed by atoms with van der Waals surface area (Å²) in [6.45, 7) is 0.757. The van der Waals surface area contributed by atoms with Gasteiger partial charge in [0.05, 0.1) is 6.04 Å². The summed E-state index contributed by atoms with van der Waals surface area (Å²) in [4.78, 5) is 37.8. The van der Waals surface area contributed by atoms with Gasteiger partial charge in [-0.05, 0) is 61.3 Å². The highest BCUT2D eigenvalue weighted by molar-refractivity contribution is 6.04. The first-order valence-corrected chi connectivity index (χ1v) is 9.74. The first-order valence-electron chi connectivity index (χ1n) is 9.74. The van der Waals surface area contributed by atoms with E-state index < -0.39 is 17.8 Å². The molecule has 3 N–H and O–H groups in total. The van der Waals surface area contributed by atoms with Gasteiger partial charge in [-0.1, -0.05) is 12.1 Å². The van der Waals surface area contributed by atoms with Crippen LogP contribution in [0.3, 0.4) is 0 Å². The topological polar surface area (TPSA) is 98.7 Å². The first kappa shape index (κ1) is 21.4. The average Bonchev–Trinajstić information content (AvgIpc) is 3.27. The highest BCUT2D eigenvalue weighted by Gasteiger charge is 2.32. The lowest BCUT2D eigenvalue weighted by atomic mass is 10.0. The molecule has 2 atom stereocenters. The molecule has 0 bridgehead atoms. The maximum absolute atomic E-state index is 13.0. The Bertz CT molecular complexity index is 909. The quantitative estimate of drug-likeness (QED) is 0.647. The standard InChI is InChI=1S/C22H24FN3O4/c1-26(21(28)18-3-2-12-24-18)19(22(29)30)13-14-4-10-17(11-5-14)25-20(27)15-6-8-16(23)9-7-15/h4-11,18-19,24H,2-3,12-13H2,1H3,(H,25,27)(H,29,30)/t18-,19-/m0/s1. The zero-order valence-corrected chi connectivity index (χ0v) is 16.6. The Morgan fingerprint density at radius 3 is 2.40 bits per heavy atom. The maximum Gasteiger partial charge on any atom is 0.326 e. The van der Waals surface area contributed by atoms with Gasteiger partial charge in [0.1, 0.15) is 11.9 Å². The number of amides is 2. The lowest BCUT2D eigenvalue weighted by Crippen LogP contribution is -2.50. The zero-order chi connectivity index (χ0) is 21.7. The van der Waals surface area contributed by atoms with E-state index in [0.29, 0.717) is 17.7 Å². The summed E-state index contributed by atoms with van der Waals surface area (Å²) in [5.41, 5.74) is 1.58. The van der Waals surface area contributed by atoms with Gasteiger partial charge in [0.2, 0.25) is 5.91 Å². The van der Waals surface area contributed by atoms with Gasteiger partial charge in [-0.3, -0.25) is 9.59 Å². The molecule has 1 heterocycles. The van der Waals surface area contributed by atoms with E-state index >= 15 is 0 Å². The third-order valence-corrected chi connectivity index (χ3v) is 5.21. The van der Waals surface area contributed by atoms with Crippen LogP contribution in [0.15, 0.2) is 48.5 Å². The fourth-order valence-corrected chi connectivity index (χ4v) is 3.44. The molecule has 0 aromatic heterocycles. The monoisotopic (exact) mass is 413 g/mol. The third kappa shape index (κ3) is 5.21. The van der Waals surface area contributed by atoms with Crippen molar-refractivity contribution in [1.82, 2.24) is 10.2 Å². The van der Waals surface area contributed by atoms with Gasteiger partial charge in [0, 0.05) is 24.7 Å². The summed E-state index contributed by atoms with van der Waals surface area (Å²) in [6.07, 6.45) is 1.75.